The summed E-state index contributed by atoms with van der Waals surface area (Å²) in [6.07, 6.45) is 1.44. The maximum absolute atomic E-state index is 13.1. The Morgan fingerprint density at radius 2 is 1.81 bits per heavy atom. The van der Waals surface area contributed by atoms with E-state index >= 15 is 0 Å². The van der Waals surface area contributed by atoms with Crippen molar-refractivity contribution < 1.29 is 14.4 Å². The average molecular weight is 349 g/mol. The molecule has 0 aliphatic carbocycles. The zero-order valence-corrected chi connectivity index (χ0v) is 14.2. The summed E-state index contributed by atoms with van der Waals surface area (Å²) in [6, 6.07) is 12.4. The highest BCUT2D eigenvalue weighted by atomic mass is 16.2. The number of nitrogens with one attached hydrogen (secondary N) is 1. The van der Waals surface area contributed by atoms with E-state index in [0.29, 0.717) is 31.4 Å². The van der Waals surface area contributed by atoms with Gasteiger partial charge < -0.3 is 16.0 Å². The van der Waals surface area contributed by atoms with E-state index in [1.807, 2.05) is 24.3 Å². The van der Waals surface area contributed by atoms with Crippen LogP contribution in [0.4, 0.5) is 5.69 Å². The summed E-state index contributed by atoms with van der Waals surface area (Å²) < 4.78 is 0. The number of fused-ring (bicyclic) bond motifs is 2. The smallest absolute Gasteiger partial charge is 0.254 e. The van der Waals surface area contributed by atoms with Gasteiger partial charge in [0, 0.05) is 30.6 Å². The van der Waals surface area contributed by atoms with E-state index in [0.717, 1.165) is 22.4 Å². The van der Waals surface area contributed by atoms with Gasteiger partial charge >= 0.3 is 0 Å². The third-order valence-corrected chi connectivity index (χ3v) is 5.09. The molecule has 6 nitrogen and oxygen atoms in total. The number of hydrogen-bond donors (Lipinski definition) is 2. The monoisotopic (exact) mass is 349 g/mol. The Morgan fingerprint density at radius 1 is 1.04 bits per heavy atom. The van der Waals surface area contributed by atoms with Gasteiger partial charge in [-0.1, -0.05) is 24.3 Å². The second-order valence-electron chi connectivity index (χ2n) is 6.74. The van der Waals surface area contributed by atoms with Crippen molar-refractivity contribution >= 4 is 23.4 Å². The summed E-state index contributed by atoms with van der Waals surface area (Å²) in [6.45, 7) is 0.358. The van der Waals surface area contributed by atoms with E-state index in [1.54, 1.807) is 23.1 Å². The predicted molar refractivity (Wildman–Crippen MR) is 96.4 cm³/mol. The Labute approximate surface area is 151 Å². The molecule has 0 spiro atoms. The number of hydrogen-bond acceptors (Lipinski definition) is 3. The molecular formula is C20H19N3O3. The molecule has 2 aromatic rings. The van der Waals surface area contributed by atoms with Crippen molar-refractivity contribution in [1.29, 1.82) is 0 Å². The maximum atomic E-state index is 13.1. The Balaban J connectivity index is 1.66. The van der Waals surface area contributed by atoms with Gasteiger partial charge in [0.2, 0.25) is 11.8 Å². The van der Waals surface area contributed by atoms with Crippen LogP contribution in [0.1, 0.15) is 33.5 Å². The molecule has 6 heteroatoms. The lowest BCUT2D eigenvalue weighted by Crippen LogP contribution is -2.51. The summed E-state index contributed by atoms with van der Waals surface area (Å²) in [7, 11) is 0. The number of nitrogens with zero attached hydrogens (tertiary/aromatic N) is 1. The van der Waals surface area contributed by atoms with Gasteiger partial charge in [0.05, 0.1) is 0 Å². The lowest BCUT2D eigenvalue weighted by atomic mass is 9.92. The van der Waals surface area contributed by atoms with Gasteiger partial charge in [0.1, 0.15) is 6.04 Å². The molecule has 0 bridgehead atoms. The lowest BCUT2D eigenvalue weighted by molar-refractivity contribution is -0.123. The van der Waals surface area contributed by atoms with Crippen LogP contribution in [-0.2, 0) is 29.0 Å². The van der Waals surface area contributed by atoms with Gasteiger partial charge in [0.25, 0.3) is 5.91 Å². The summed E-state index contributed by atoms with van der Waals surface area (Å²) in [5.74, 6) is -0.737. The van der Waals surface area contributed by atoms with E-state index in [2.05, 4.69) is 5.32 Å². The minimum absolute atomic E-state index is 0.0157. The van der Waals surface area contributed by atoms with Crippen LogP contribution < -0.4 is 11.1 Å². The molecule has 0 radical (unpaired) electrons. The predicted octanol–water partition coefficient (Wildman–Crippen LogP) is 1.62. The zero-order valence-electron chi connectivity index (χ0n) is 14.2. The molecule has 2 heterocycles. The molecule has 2 aliphatic heterocycles. The first-order valence-electron chi connectivity index (χ1n) is 8.63. The highest BCUT2D eigenvalue weighted by molar-refractivity contribution is 6.00. The van der Waals surface area contributed by atoms with Crippen molar-refractivity contribution in [1.82, 2.24) is 4.90 Å². The van der Waals surface area contributed by atoms with Crippen molar-refractivity contribution in [3.05, 3.63) is 64.7 Å². The molecule has 0 aromatic heterocycles. The molecule has 0 fully saturated rings. The van der Waals surface area contributed by atoms with E-state index in [-0.39, 0.29) is 11.8 Å². The van der Waals surface area contributed by atoms with Gasteiger partial charge in [0.15, 0.2) is 0 Å². The number of amides is 3. The topological polar surface area (TPSA) is 92.5 Å². The van der Waals surface area contributed by atoms with Crippen LogP contribution in [0.3, 0.4) is 0 Å². The molecule has 0 saturated heterocycles. The van der Waals surface area contributed by atoms with Crippen molar-refractivity contribution in [2.45, 2.75) is 31.8 Å². The molecule has 0 unspecified atom stereocenters. The van der Waals surface area contributed by atoms with E-state index in [1.165, 1.54) is 0 Å². The third kappa shape index (κ3) is 2.83. The fraction of sp³-hybridized carbons (Fsp3) is 0.250. The van der Waals surface area contributed by atoms with Crippen molar-refractivity contribution in [2.24, 2.45) is 5.73 Å². The second-order valence-corrected chi connectivity index (χ2v) is 6.74. The first-order valence-corrected chi connectivity index (χ1v) is 8.63. The Hall–Kier alpha value is -3.15. The molecule has 1 atom stereocenters. The quantitative estimate of drug-likeness (QED) is 0.863. The maximum Gasteiger partial charge on any atom is 0.254 e. The average Bonchev–Trinajstić information content (AvgIpc) is 2.65. The summed E-state index contributed by atoms with van der Waals surface area (Å²) in [4.78, 5) is 38.1. The van der Waals surface area contributed by atoms with Crippen LogP contribution in [0.25, 0.3) is 0 Å². The number of anilines is 1. The molecule has 26 heavy (non-hydrogen) atoms. The lowest BCUT2D eigenvalue weighted by Gasteiger charge is -2.35. The van der Waals surface area contributed by atoms with Gasteiger partial charge in [-0.2, -0.15) is 0 Å². The second kappa shape index (κ2) is 6.29. The Morgan fingerprint density at radius 3 is 2.58 bits per heavy atom. The van der Waals surface area contributed by atoms with Crippen LogP contribution in [-0.4, -0.2) is 28.7 Å². The SMILES string of the molecule is NC(=O)[C@@H]1Cc2ccccc2CN1C(=O)c1ccc2c(c1)CCC(=O)N2. The number of rotatable bonds is 2. The van der Waals surface area contributed by atoms with Gasteiger partial charge in [-0.3, -0.25) is 14.4 Å². The Bertz CT molecular complexity index is 922. The largest absolute Gasteiger partial charge is 0.368 e. The molecule has 132 valence electrons. The van der Waals surface area contributed by atoms with Crippen molar-refractivity contribution in [2.75, 3.05) is 5.32 Å². The first-order chi connectivity index (χ1) is 12.5. The fourth-order valence-electron chi connectivity index (χ4n) is 3.67. The van der Waals surface area contributed by atoms with Crippen LogP contribution in [0.2, 0.25) is 0 Å². The molecule has 3 N–H and O–H groups in total. The molecule has 2 aromatic carbocycles. The molecule has 2 aliphatic rings. The summed E-state index contributed by atoms with van der Waals surface area (Å²) in [5.41, 5.74) is 9.84. The zero-order chi connectivity index (χ0) is 18.3. The van der Waals surface area contributed by atoms with Crippen molar-refractivity contribution in [3.63, 3.8) is 0 Å². The van der Waals surface area contributed by atoms with Crippen LogP contribution in [0, 0.1) is 0 Å². The highest BCUT2D eigenvalue weighted by Crippen LogP contribution is 2.28. The van der Waals surface area contributed by atoms with Crippen LogP contribution in [0.5, 0.6) is 0 Å². The van der Waals surface area contributed by atoms with E-state index < -0.39 is 11.9 Å². The minimum atomic E-state index is -0.659. The normalized spacial score (nSPS) is 18.5. The summed E-state index contributed by atoms with van der Waals surface area (Å²) >= 11 is 0. The first kappa shape index (κ1) is 16.3. The van der Waals surface area contributed by atoms with Gasteiger partial charge in [-0.25, -0.2) is 0 Å². The summed E-state index contributed by atoms with van der Waals surface area (Å²) in [5, 5.41) is 2.81. The standard InChI is InChI=1S/C20H19N3O3/c21-19(25)17-10-12-3-1-2-4-15(12)11-23(17)20(26)14-5-7-16-13(9-14)6-8-18(24)22-16/h1-5,7,9,17H,6,8,10-11H2,(H2,21,25)(H,22,24)/t17-/m0/s1. The fourth-order valence-corrected chi connectivity index (χ4v) is 3.67. The van der Waals surface area contributed by atoms with Gasteiger partial charge in [-0.15, -0.1) is 0 Å². The number of primary amides is 1. The Kier molecular flexibility index (Phi) is 3.95. The molecule has 0 saturated carbocycles. The number of benzene rings is 2. The van der Waals surface area contributed by atoms with E-state index in [4.69, 9.17) is 5.73 Å². The number of nitrogens with two attached hydrogens (primary N) is 1. The molecule has 4 rings (SSSR count). The minimum Gasteiger partial charge on any atom is -0.368 e. The number of carbonyl (C=O) groups is 3. The van der Waals surface area contributed by atoms with Crippen LogP contribution in [0.15, 0.2) is 42.5 Å². The van der Waals surface area contributed by atoms with Crippen LogP contribution >= 0.6 is 0 Å². The highest BCUT2D eigenvalue weighted by Gasteiger charge is 2.34. The molecular weight excluding hydrogens is 330 g/mol. The van der Waals surface area contributed by atoms with E-state index in [9.17, 15) is 14.4 Å². The number of aryl methyl sites for hydroxylation is 1. The van der Waals surface area contributed by atoms with Crippen molar-refractivity contribution in [3.8, 4) is 0 Å². The third-order valence-electron chi connectivity index (χ3n) is 5.09. The molecule has 3 amide bonds. The number of carbonyl (C=O) groups excluding carboxylic acids is 3. The van der Waals surface area contributed by atoms with Gasteiger partial charge in [-0.05, 0) is 41.3 Å².